The first-order chi connectivity index (χ1) is 6.56. The van der Waals surface area contributed by atoms with Crippen LogP contribution in [-0.2, 0) is 14.3 Å². The molecule has 4 N–H and O–H groups in total. The Labute approximate surface area is 79.5 Å². The molecular formula is C7H12O7. The zero-order valence-electron chi connectivity index (χ0n) is 7.24. The van der Waals surface area contributed by atoms with Crippen LogP contribution in [0.4, 0.5) is 0 Å². The summed E-state index contributed by atoms with van der Waals surface area (Å²) < 4.78 is 9.17. The van der Waals surface area contributed by atoms with E-state index in [0.29, 0.717) is 0 Å². The molecule has 7 nitrogen and oxygen atoms in total. The van der Waals surface area contributed by atoms with Crippen molar-refractivity contribution in [2.75, 3.05) is 13.2 Å². The first-order valence-electron chi connectivity index (χ1n) is 4.02. The van der Waals surface area contributed by atoms with Crippen molar-refractivity contribution in [3.63, 3.8) is 0 Å². The van der Waals surface area contributed by atoms with E-state index >= 15 is 0 Å². The lowest BCUT2D eigenvalue weighted by atomic mass is 10.1. The Kier molecular flexibility index (Phi) is 3.78. The lowest BCUT2D eigenvalue weighted by Gasteiger charge is -2.34. The fourth-order valence-corrected chi connectivity index (χ4v) is 1.05. The summed E-state index contributed by atoms with van der Waals surface area (Å²) in [5.74, 6) is -0.974. The molecular weight excluding hydrogens is 196 g/mol. The van der Waals surface area contributed by atoms with E-state index in [2.05, 4.69) is 4.74 Å². The summed E-state index contributed by atoms with van der Waals surface area (Å²) in [6.07, 6.45) is -5.52. The summed E-state index contributed by atoms with van der Waals surface area (Å²) in [6.45, 7) is -1.09. The first kappa shape index (κ1) is 11.3. The average Bonchev–Trinajstić information content (AvgIpc) is 2.19. The largest absolute Gasteiger partial charge is 0.431 e. The smallest absolute Gasteiger partial charge is 0.334 e. The van der Waals surface area contributed by atoms with Gasteiger partial charge in [-0.1, -0.05) is 0 Å². The van der Waals surface area contributed by atoms with E-state index in [0.717, 1.165) is 0 Å². The third-order valence-electron chi connectivity index (χ3n) is 1.83. The normalized spacial score (nSPS) is 38.0. The van der Waals surface area contributed by atoms with Crippen molar-refractivity contribution in [1.82, 2.24) is 0 Å². The summed E-state index contributed by atoms with van der Waals surface area (Å²) in [7, 11) is 0. The molecule has 0 amide bonds. The van der Waals surface area contributed by atoms with Crippen LogP contribution < -0.4 is 0 Å². The molecule has 0 saturated carbocycles. The summed E-state index contributed by atoms with van der Waals surface area (Å²) >= 11 is 0. The first-order valence-corrected chi connectivity index (χ1v) is 4.02. The molecule has 1 aliphatic rings. The Morgan fingerprint density at radius 3 is 2.57 bits per heavy atom. The van der Waals surface area contributed by atoms with Gasteiger partial charge in [-0.3, -0.25) is 0 Å². The number of ether oxygens (including phenoxy) is 2. The van der Waals surface area contributed by atoms with Crippen molar-refractivity contribution in [3.05, 3.63) is 0 Å². The molecule has 4 atom stereocenters. The summed E-state index contributed by atoms with van der Waals surface area (Å²) in [5, 5.41) is 35.8. The van der Waals surface area contributed by atoms with Gasteiger partial charge in [-0.05, 0) is 0 Å². The van der Waals surface area contributed by atoms with Gasteiger partial charge in [-0.2, -0.15) is 0 Å². The Morgan fingerprint density at radius 1 is 1.36 bits per heavy atom. The van der Waals surface area contributed by atoms with Gasteiger partial charge in [0.2, 0.25) is 6.29 Å². The minimum atomic E-state index is -1.52. The van der Waals surface area contributed by atoms with Crippen LogP contribution in [0.5, 0.6) is 0 Å². The molecule has 0 aliphatic carbocycles. The van der Waals surface area contributed by atoms with Crippen LogP contribution in [0, 0.1) is 0 Å². The van der Waals surface area contributed by atoms with E-state index in [-0.39, 0.29) is 6.61 Å². The van der Waals surface area contributed by atoms with Crippen molar-refractivity contribution >= 4 is 5.97 Å². The quantitative estimate of drug-likeness (QED) is 0.356. The monoisotopic (exact) mass is 208 g/mol. The maximum absolute atomic E-state index is 10.6. The topological polar surface area (TPSA) is 116 Å². The third-order valence-corrected chi connectivity index (χ3v) is 1.83. The molecule has 14 heavy (non-hydrogen) atoms. The van der Waals surface area contributed by atoms with E-state index in [9.17, 15) is 9.90 Å². The van der Waals surface area contributed by atoms with Crippen molar-refractivity contribution in [3.8, 4) is 0 Å². The van der Waals surface area contributed by atoms with Crippen molar-refractivity contribution in [2.24, 2.45) is 0 Å². The van der Waals surface area contributed by atoms with E-state index in [1.54, 1.807) is 0 Å². The molecule has 1 fully saturated rings. The molecule has 7 heteroatoms. The second kappa shape index (κ2) is 4.67. The molecule has 82 valence electrons. The summed E-state index contributed by atoms with van der Waals surface area (Å²) in [6, 6.07) is 0. The number of hydrogen-bond donors (Lipinski definition) is 4. The van der Waals surface area contributed by atoms with Gasteiger partial charge >= 0.3 is 5.97 Å². The second-order valence-corrected chi connectivity index (χ2v) is 2.90. The Hall–Kier alpha value is -0.730. The molecule has 0 unspecified atom stereocenters. The van der Waals surface area contributed by atoms with Crippen molar-refractivity contribution in [1.29, 1.82) is 0 Å². The molecule has 0 aromatic carbocycles. The van der Waals surface area contributed by atoms with Gasteiger partial charge in [0, 0.05) is 0 Å². The molecule has 0 radical (unpaired) electrons. The van der Waals surface area contributed by atoms with Gasteiger partial charge in [-0.25, -0.2) is 4.79 Å². The molecule has 0 bridgehead atoms. The molecule has 0 aromatic rings. The maximum atomic E-state index is 10.6. The SMILES string of the molecule is O=C(CO)O[C@@H]1OC[C@H](O)[C@@H](O)[C@@H]1O. The number of esters is 1. The fraction of sp³-hybridized carbons (Fsp3) is 0.857. The van der Waals surface area contributed by atoms with E-state index < -0.39 is 37.2 Å². The van der Waals surface area contributed by atoms with Gasteiger partial charge in [0.1, 0.15) is 24.9 Å². The number of rotatable bonds is 2. The number of aliphatic hydroxyl groups is 4. The lowest BCUT2D eigenvalue weighted by molar-refractivity contribution is -0.263. The van der Waals surface area contributed by atoms with Crippen LogP contribution in [0.3, 0.4) is 0 Å². The van der Waals surface area contributed by atoms with E-state index in [1.807, 2.05) is 0 Å². The second-order valence-electron chi connectivity index (χ2n) is 2.90. The highest BCUT2D eigenvalue weighted by Gasteiger charge is 2.39. The predicted molar refractivity (Wildman–Crippen MR) is 40.9 cm³/mol. The fourth-order valence-electron chi connectivity index (χ4n) is 1.05. The number of carbonyl (C=O) groups is 1. The van der Waals surface area contributed by atoms with Crippen LogP contribution in [0.15, 0.2) is 0 Å². The van der Waals surface area contributed by atoms with Gasteiger partial charge in [0.15, 0.2) is 0 Å². The van der Waals surface area contributed by atoms with Gasteiger partial charge < -0.3 is 29.9 Å². The Morgan fingerprint density at radius 2 is 2.00 bits per heavy atom. The zero-order valence-corrected chi connectivity index (χ0v) is 7.24. The van der Waals surface area contributed by atoms with Crippen molar-refractivity contribution < 1.29 is 34.7 Å². The standard InChI is InChI=1S/C7H12O7/c8-1-4(10)14-7-6(12)5(11)3(9)2-13-7/h3,5-9,11-12H,1-2H2/t3-,5+,6-,7-/m0/s1. The molecule has 1 rings (SSSR count). The number of hydrogen-bond acceptors (Lipinski definition) is 7. The van der Waals surface area contributed by atoms with Crippen LogP contribution >= 0.6 is 0 Å². The highest BCUT2D eigenvalue weighted by atomic mass is 16.7. The van der Waals surface area contributed by atoms with Gasteiger partial charge in [-0.15, -0.1) is 0 Å². The third kappa shape index (κ3) is 2.40. The average molecular weight is 208 g/mol. The number of carbonyl (C=O) groups excluding carboxylic acids is 1. The van der Waals surface area contributed by atoms with Crippen LogP contribution in [0.2, 0.25) is 0 Å². The van der Waals surface area contributed by atoms with E-state index in [1.165, 1.54) is 0 Å². The Balaban J connectivity index is 2.50. The molecule has 1 aliphatic heterocycles. The highest BCUT2D eigenvalue weighted by molar-refractivity contribution is 5.70. The maximum Gasteiger partial charge on any atom is 0.334 e. The summed E-state index contributed by atoms with van der Waals surface area (Å²) in [4.78, 5) is 10.6. The predicted octanol–water partition coefficient (Wildman–Crippen LogP) is -3.04. The van der Waals surface area contributed by atoms with Crippen LogP contribution in [-0.4, -0.2) is 64.2 Å². The minimum absolute atomic E-state index is 0.248. The van der Waals surface area contributed by atoms with Crippen LogP contribution in [0.25, 0.3) is 0 Å². The lowest BCUT2D eigenvalue weighted by Crippen LogP contribution is -2.54. The van der Waals surface area contributed by atoms with Crippen molar-refractivity contribution in [2.45, 2.75) is 24.6 Å². The molecule has 0 aromatic heterocycles. The van der Waals surface area contributed by atoms with Crippen LogP contribution in [0.1, 0.15) is 0 Å². The number of aliphatic hydroxyl groups excluding tert-OH is 4. The Bertz CT molecular complexity index is 206. The van der Waals surface area contributed by atoms with E-state index in [4.69, 9.17) is 20.1 Å². The van der Waals surface area contributed by atoms with Gasteiger partial charge in [0.25, 0.3) is 0 Å². The summed E-state index contributed by atoms with van der Waals surface area (Å²) in [5.41, 5.74) is 0. The molecule has 1 heterocycles. The minimum Gasteiger partial charge on any atom is -0.431 e. The zero-order chi connectivity index (χ0) is 10.7. The van der Waals surface area contributed by atoms with Gasteiger partial charge in [0.05, 0.1) is 6.61 Å². The highest BCUT2D eigenvalue weighted by Crippen LogP contribution is 2.16. The molecule has 1 saturated heterocycles. The molecule has 0 spiro atoms.